The summed E-state index contributed by atoms with van der Waals surface area (Å²) in [5.74, 6) is 0.123. The maximum atomic E-state index is 12.1. The fourth-order valence-corrected chi connectivity index (χ4v) is 2.48. The number of anilines is 1. The van der Waals surface area contributed by atoms with Gasteiger partial charge in [-0.2, -0.15) is 0 Å². The highest BCUT2D eigenvalue weighted by molar-refractivity contribution is 5.98. The lowest BCUT2D eigenvalue weighted by atomic mass is 9.96. The number of likely N-dealkylation sites (N-methyl/N-ethyl adjacent to an activating group) is 1. The molecule has 1 atom stereocenters. The van der Waals surface area contributed by atoms with Crippen LogP contribution < -0.4 is 10.6 Å². The molecule has 2 aliphatic heterocycles. The second-order valence-electron chi connectivity index (χ2n) is 4.84. The van der Waals surface area contributed by atoms with Gasteiger partial charge in [0.1, 0.15) is 0 Å². The smallest absolute Gasteiger partial charge is 0.242 e. The van der Waals surface area contributed by atoms with E-state index in [2.05, 4.69) is 21.6 Å². The normalized spacial score (nSPS) is 24.1. The van der Waals surface area contributed by atoms with Crippen molar-refractivity contribution in [1.82, 2.24) is 10.2 Å². The van der Waals surface area contributed by atoms with Crippen molar-refractivity contribution in [3.63, 3.8) is 0 Å². The SMILES string of the molecule is CN(C1CNC1)C1Cc2ccccc2NC1=O. The molecule has 2 aliphatic rings. The van der Waals surface area contributed by atoms with Gasteiger partial charge in [0.15, 0.2) is 0 Å². The van der Waals surface area contributed by atoms with E-state index in [-0.39, 0.29) is 11.9 Å². The summed E-state index contributed by atoms with van der Waals surface area (Å²) in [6, 6.07) is 8.51. The molecule has 1 aromatic rings. The topological polar surface area (TPSA) is 44.4 Å². The second-order valence-corrected chi connectivity index (χ2v) is 4.84. The highest BCUT2D eigenvalue weighted by Crippen LogP contribution is 2.25. The van der Waals surface area contributed by atoms with Crippen LogP contribution >= 0.6 is 0 Å². The van der Waals surface area contributed by atoms with Gasteiger partial charge in [-0.15, -0.1) is 0 Å². The lowest BCUT2D eigenvalue weighted by Gasteiger charge is -2.41. The molecule has 0 aliphatic carbocycles. The molecule has 0 saturated carbocycles. The summed E-state index contributed by atoms with van der Waals surface area (Å²) >= 11 is 0. The van der Waals surface area contributed by atoms with Crippen molar-refractivity contribution < 1.29 is 4.79 Å². The molecule has 4 nitrogen and oxygen atoms in total. The van der Waals surface area contributed by atoms with Crippen LogP contribution in [0.15, 0.2) is 24.3 Å². The largest absolute Gasteiger partial charge is 0.324 e. The molecular weight excluding hydrogens is 214 g/mol. The van der Waals surface area contributed by atoms with E-state index in [0.717, 1.165) is 25.2 Å². The van der Waals surface area contributed by atoms with Gasteiger partial charge in [0, 0.05) is 24.8 Å². The first-order valence-corrected chi connectivity index (χ1v) is 6.07. The Morgan fingerprint density at radius 2 is 2.06 bits per heavy atom. The van der Waals surface area contributed by atoms with Crippen LogP contribution in [0.1, 0.15) is 5.56 Å². The quantitative estimate of drug-likeness (QED) is 0.777. The van der Waals surface area contributed by atoms with E-state index in [9.17, 15) is 4.79 Å². The Labute approximate surface area is 101 Å². The highest BCUT2D eigenvalue weighted by Gasteiger charge is 2.34. The molecule has 1 aromatic carbocycles. The molecule has 4 heteroatoms. The number of para-hydroxylation sites is 1. The molecule has 0 radical (unpaired) electrons. The van der Waals surface area contributed by atoms with Crippen molar-refractivity contribution in [2.75, 3.05) is 25.5 Å². The minimum absolute atomic E-state index is 0.0306. The van der Waals surface area contributed by atoms with E-state index in [0.29, 0.717) is 6.04 Å². The molecule has 0 bridgehead atoms. The molecule has 17 heavy (non-hydrogen) atoms. The monoisotopic (exact) mass is 231 g/mol. The number of hydrogen-bond donors (Lipinski definition) is 2. The Hall–Kier alpha value is -1.39. The Morgan fingerprint density at radius 1 is 1.29 bits per heavy atom. The number of fused-ring (bicyclic) bond motifs is 1. The fraction of sp³-hybridized carbons (Fsp3) is 0.462. The number of carbonyl (C=O) groups is 1. The predicted molar refractivity (Wildman–Crippen MR) is 67.0 cm³/mol. The summed E-state index contributed by atoms with van der Waals surface area (Å²) in [7, 11) is 2.05. The average molecular weight is 231 g/mol. The Balaban J connectivity index is 1.81. The third-order valence-corrected chi connectivity index (χ3v) is 3.82. The number of hydrogen-bond acceptors (Lipinski definition) is 3. The highest BCUT2D eigenvalue weighted by atomic mass is 16.2. The molecule has 2 N–H and O–H groups in total. The molecule has 90 valence electrons. The summed E-state index contributed by atoms with van der Waals surface area (Å²) in [4.78, 5) is 14.3. The van der Waals surface area contributed by atoms with Gasteiger partial charge in [0.25, 0.3) is 0 Å². The van der Waals surface area contributed by atoms with Crippen LogP contribution in [-0.4, -0.2) is 43.0 Å². The van der Waals surface area contributed by atoms with Crippen LogP contribution in [0.2, 0.25) is 0 Å². The molecule has 3 rings (SSSR count). The number of amides is 1. The number of nitrogens with one attached hydrogen (secondary N) is 2. The van der Waals surface area contributed by atoms with Gasteiger partial charge in [0.2, 0.25) is 5.91 Å². The number of benzene rings is 1. The molecule has 1 amide bonds. The standard InChI is InChI=1S/C13H17N3O/c1-16(10-7-14-8-10)12-6-9-4-2-3-5-11(9)15-13(12)17/h2-5,10,12,14H,6-8H2,1H3,(H,15,17). The number of carbonyl (C=O) groups excluding carboxylic acids is 1. The minimum Gasteiger partial charge on any atom is -0.324 e. The van der Waals surface area contributed by atoms with Crippen LogP contribution in [0.5, 0.6) is 0 Å². The molecule has 0 spiro atoms. The van der Waals surface area contributed by atoms with E-state index < -0.39 is 0 Å². The van der Waals surface area contributed by atoms with E-state index >= 15 is 0 Å². The van der Waals surface area contributed by atoms with Crippen molar-refractivity contribution in [1.29, 1.82) is 0 Å². The second kappa shape index (κ2) is 4.13. The first kappa shape index (κ1) is 10.7. The average Bonchev–Trinajstić information content (AvgIpc) is 2.25. The van der Waals surface area contributed by atoms with Crippen molar-refractivity contribution in [3.8, 4) is 0 Å². The predicted octanol–water partition coefficient (Wildman–Crippen LogP) is 0.453. The molecule has 1 saturated heterocycles. The lowest BCUT2D eigenvalue weighted by molar-refractivity contribution is -0.122. The van der Waals surface area contributed by atoms with Gasteiger partial charge in [-0.3, -0.25) is 9.69 Å². The van der Waals surface area contributed by atoms with Crippen LogP contribution in [0, 0.1) is 0 Å². The van der Waals surface area contributed by atoms with E-state index in [1.165, 1.54) is 5.56 Å². The maximum Gasteiger partial charge on any atom is 0.242 e. The van der Waals surface area contributed by atoms with Gasteiger partial charge in [-0.1, -0.05) is 18.2 Å². The Bertz CT molecular complexity index is 442. The van der Waals surface area contributed by atoms with Crippen LogP contribution in [0.4, 0.5) is 5.69 Å². The Kier molecular flexibility index (Phi) is 2.61. The molecule has 2 heterocycles. The van der Waals surface area contributed by atoms with Crippen LogP contribution in [-0.2, 0) is 11.2 Å². The van der Waals surface area contributed by atoms with Crippen molar-refractivity contribution in [3.05, 3.63) is 29.8 Å². The zero-order valence-corrected chi connectivity index (χ0v) is 9.94. The van der Waals surface area contributed by atoms with Crippen molar-refractivity contribution >= 4 is 11.6 Å². The molecule has 0 aromatic heterocycles. The fourth-order valence-electron chi connectivity index (χ4n) is 2.48. The molecule has 1 unspecified atom stereocenters. The van der Waals surface area contributed by atoms with Gasteiger partial charge < -0.3 is 10.6 Å². The Morgan fingerprint density at radius 3 is 2.76 bits per heavy atom. The van der Waals surface area contributed by atoms with Gasteiger partial charge in [-0.05, 0) is 25.1 Å². The maximum absolute atomic E-state index is 12.1. The number of nitrogens with zero attached hydrogens (tertiary/aromatic N) is 1. The number of rotatable bonds is 2. The molecular formula is C13H17N3O. The summed E-state index contributed by atoms with van der Waals surface area (Å²) in [6.45, 7) is 1.98. The molecule has 1 fully saturated rings. The van der Waals surface area contributed by atoms with E-state index in [1.807, 2.05) is 25.2 Å². The van der Waals surface area contributed by atoms with Crippen LogP contribution in [0.3, 0.4) is 0 Å². The zero-order chi connectivity index (χ0) is 11.8. The zero-order valence-electron chi connectivity index (χ0n) is 9.94. The summed E-state index contributed by atoms with van der Waals surface area (Å²) in [5.41, 5.74) is 2.20. The van der Waals surface area contributed by atoms with E-state index in [1.54, 1.807) is 0 Å². The summed E-state index contributed by atoms with van der Waals surface area (Å²) in [6.07, 6.45) is 0.814. The first-order valence-electron chi connectivity index (χ1n) is 6.07. The summed E-state index contributed by atoms with van der Waals surface area (Å²) in [5, 5.41) is 6.23. The minimum atomic E-state index is -0.0306. The third-order valence-electron chi connectivity index (χ3n) is 3.82. The third kappa shape index (κ3) is 1.83. The van der Waals surface area contributed by atoms with Crippen molar-refractivity contribution in [2.45, 2.75) is 18.5 Å². The summed E-state index contributed by atoms with van der Waals surface area (Å²) < 4.78 is 0. The van der Waals surface area contributed by atoms with Crippen molar-refractivity contribution in [2.24, 2.45) is 0 Å². The van der Waals surface area contributed by atoms with Gasteiger partial charge in [0.05, 0.1) is 6.04 Å². The lowest BCUT2D eigenvalue weighted by Crippen LogP contribution is -2.61. The van der Waals surface area contributed by atoms with Crippen LogP contribution in [0.25, 0.3) is 0 Å². The van der Waals surface area contributed by atoms with Gasteiger partial charge in [-0.25, -0.2) is 0 Å². The van der Waals surface area contributed by atoms with Gasteiger partial charge >= 0.3 is 0 Å². The first-order chi connectivity index (χ1) is 8.25. The van der Waals surface area contributed by atoms with E-state index in [4.69, 9.17) is 0 Å².